The number of thioether (sulfide) groups is 1. The molecule has 2 aromatic carbocycles. The van der Waals surface area contributed by atoms with Crippen molar-refractivity contribution in [2.45, 2.75) is 13.0 Å². The maximum atomic E-state index is 6.01. The van der Waals surface area contributed by atoms with Crippen LogP contribution in [0.5, 0.6) is 0 Å². The Morgan fingerprint density at radius 2 is 1.71 bits per heavy atom. The molecule has 5 heteroatoms. The Balaban J connectivity index is 2.17. The van der Waals surface area contributed by atoms with E-state index in [0.717, 1.165) is 10.9 Å². The standard InChI is InChI=1S/C16H16Cl2N2S/c1-11(12-6-4-3-5-7-12)19-16(21-2)20-15-9-13(17)8-14(18)10-15/h3-11H,1-2H3,(H,19,20). The minimum absolute atomic E-state index is 0.0795. The van der Waals surface area contributed by atoms with Gasteiger partial charge in [-0.1, -0.05) is 65.3 Å². The number of halogens is 2. The lowest BCUT2D eigenvalue weighted by atomic mass is 10.1. The number of nitrogens with one attached hydrogen (secondary N) is 1. The molecule has 0 saturated heterocycles. The molecule has 110 valence electrons. The van der Waals surface area contributed by atoms with E-state index in [2.05, 4.69) is 24.4 Å². The second-order valence-corrected chi connectivity index (χ2v) is 6.18. The minimum Gasteiger partial charge on any atom is -0.335 e. The highest BCUT2D eigenvalue weighted by molar-refractivity contribution is 8.13. The van der Waals surface area contributed by atoms with E-state index in [1.54, 1.807) is 17.8 Å². The van der Waals surface area contributed by atoms with Crippen LogP contribution in [0.2, 0.25) is 10.0 Å². The Labute approximate surface area is 139 Å². The summed E-state index contributed by atoms with van der Waals surface area (Å²) in [6.45, 7) is 2.07. The van der Waals surface area contributed by atoms with E-state index >= 15 is 0 Å². The molecule has 0 aliphatic heterocycles. The summed E-state index contributed by atoms with van der Waals surface area (Å²) < 4.78 is 0. The first kappa shape index (κ1) is 16.2. The molecule has 0 fully saturated rings. The molecule has 0 aliphatic carbocycles. The summed E-state index contributed by atoms with van der Waals surface area (Å²) in [5, 5.41) is 5.28. The van der Waals surface area contributed by atoms with Crippen LogP contribution in [0, 0.1) is 0 Å². The second-order valence-electron chi connectivity index (χ2n) is 4.51. The van der Waals surface area contributed by atoms with Crippen LogP contribution in [-0.4, -0.2) is 11.4 Å². The van der Waals surface area contributed by atoms with E-state index in [-0.39, 0.29) is 6.04 Å². The lowest BCUT2D eigenvalue weighted by Gasteiger charge is -2.12. The van der Waals surface area contributed by atoms with Gasteiger partial charge in [-0.05, 0) is 36.9 Å². The maximum Gasteiger partial charge on any atom is 0.161 e. The Kier molecular flexibility index (Phi) is 5.97. The van der Waals surface area contributed by atoms with Gasteiger partial charge in [0.05, 0.1) is 6.04 Å². The van der Waals surface area contributed by atoms with Crippen LogP contribution < -0.4 is 5.32 Å². The lowest BCUT2D eigenvalue weighted by Crippen LogP contribution is -2.09. The van der Waals surface area contributed by atoms with Gasteiger partial charge in [0.2, 0.25) is 0 Å². The molecule has 0 radical (unpaired) electrons. The molecule has 0 bridgehead atoms. The van der Waals surface area contributed by atoms with Gasteiger partial charge >= 0.3 is 0 Å². The Hall–Kier alpha value is -1.16. The number of benzene rings is 2. The van der Waals surface area contributed by atoms with Crippen molar-refractivity contribution in [1.29, 1.82) is 0 Å². The summed E-state index contributed by atoms with van der Waals surface area (Å²) in [6.07, 6.45) is 1.98. The minimum atomic E-state index is 0.0795. The van der Waals surface area contributed by atoms with Crippen molar-refractivity contribution in [3.8, 4) is 0 Å². The van der Waals surface area contributed by atoms with Crippen LogP contribution in [0.25, 0.3) is 0 Å². The number of rotatable bonds is 3. The zero-order valence-corrected chi connectivity index (χ0v) is 14.1. The van der Waals surface area contributed by atoms with E-state index < -0.39 is 0 Å². The quantitative estimate of drug-likeness (QED) is 0.557. The van der Waals surface area contributed by atoms with Crippen molar-refractivity contribution in [3.05, 3.63) is 64.1 Å². The molecule has 1 N–H and O–H groups in total. The van der Waals surface area contributed by atoms with Crippen LogP contribution in [0.1, 0.15) is 18.5 Å². The summed E-state index contributed by atoms with van der Waals surface area (Å²) in [4.78, 5) is 4.70. The van der Waals surface area contributed by atoms with Gasteiger partial charge in [0.15, 0.2) is 5.17 Å². The molecule has 2 nitrogen and oxygen atoms in total. The summed E-state index contributed by atoms with van der Waals surface area (Å²) in [5.41, 5.74) is 2.01. The smallest absolute Gasteiger partial charge is 0.161 e. The fraction of sp³-hybridized carbons (Fsp3) is 0.188. The molecule has 0 spiro atoms. The van der Waals surface area contributed by atoms with Gasteiger partial charge in [0.1, 0.15) is 0 Å². The molecule has 1 unspecified atom stereocenters. The maximum absolute atomic E-state index is 6.01. The van der Waals surface area contributed by atoms with Gasteiger partial charge in [-0.15, -0.1) is 0 Å². The second kappa shape index (κ2) is 7.74. The van der Waals surface area contributed by atoms with E-state index in [1.807, 2.05) is 36.6 Å². The van der Waals surface area contributed by atoms with Gasteiger partial charge < -0.3 is 5.32 Å². The van der Waals surface area contributed by atoms with Crippen molar-refractivity contribution >= 4 is 45.8 Å². The summed E-state index contributed by atoms with van der Waals surface area (Å²) in [6, 6.07) is 15.6. The monoisotopic (exact) mass is 338 g/mol. The predicted molar refractivity (Wildman–Crippen MR) is 95.9 cm³/mol. The van der Waals surface area contributed by atoms with Crippen LogP contribution in [-0.2, 0) is 0 Å². The molecule has 0 heterocycles. The topological polar surface area (TPSA) is 24.4 Å². The third-order valence-electron chi connectivity index (χ3n) is 2.90. The van der Waals surface area contributed by atoms with Gasteiger partial charge in [-0.25, -0.2) is 0 Å². The molecule has 0 saturated carbocycles. The SMILES string of the molecule is CSC(=NC(C)c1ccccc1)Nc1cc(Cl)cc(Cl)c1. The summed E-state index contributed by atoms with van der Waals surface area (Å²) >= 11 is 13.6. The summed E-state index contributed by atoms with van der Waals surface area (Å²) in [5.74, 6) is 0. The molecule has 21 heavy (non-hydrogen) atoms. The van der Waals surface area contributed by atoms with E-state index in [1.165, 1.54) is 5.56 Å². The largest absolute Gasteiger partial charge is 0.335 e. The average Bonchev–Trinajstić information content (AvgIpc) is 2.46. The summed E-state index contributed by atoms with van der Waals surface area (Å²) in [7, 11) is 0. The van der Waals surface area contributed by atoms with Crippen LogP contribution >= 0.6 is 35.0 Å². The first-order valence-electron chi connectivity index (χ1n) is 6.48. The average molecular weight is 339 g/mol. The first-order valence-corrected chi connectivity index (χ1v) is 8.46. The molecule has 1 atom stereocenters. The van der Waals surface area contributed by atoms with Gasteiger partial charge in [-0.3, -0.25) is 4.99 Å². The molecular weight excluding hydrogens is 323 g/mol. The van der Waals surface area contributed by atoms with Crippen LogP contribution in [0.15, 0.2) is 53.5 Å². The highest BCUT2D eigenvalue weighted by Crippen LogP contribution is 2.24. The van der Waals surface area contributed by atoms with Gasteiger partial charge in [-0.2, -0.15) is 0 Å². The molecule has 0 aliphatic rings. The third-order valence-corrected chi connectivity index (χ3v) is 3.93. The van der Waals surface area contributed by atoms with Crippen molar-refractivity contribution in [1.82, 2.24) is 0 Å². The first-order chi connectivity index (χ1) is 10.1. The Morgan fingerprint density at radius 3 is 2.29 bits per heavy atom. The van der Waals surface area contributed by atoms with Gasteiger partial charge in [0.25, 0.3) is 0 Å². The number of aliphatic imine (C=N–C) groups is 1. The van der Waals surface area contributed by atoms with Crippen LogP contribution in [0.3, 0.4) is 0 Å². The highest BCUT2D eigenvalue weighted by Gasteiger charge is 2.06. The predicted octanol–water partition coefficient (Wildman–Crippen LogP) is 5.89. The van der Waals surface area contributed by atoms with E-state index in [4.69, 9.17) is 28.2 Å². The zero-order valence-electron chi connectivity index (χ0n) is 11.8. The lowest BCUT2D eigenvalue weighted by molar-refractivity contribution is 0.823. The third kappa shape index (κ3) is 4.95. The fourth-order valence-corrected chi connectivity index (χ4v) is 2.88. The fourth-order valence-electron chi connectivity index (χ4n) is 1.87. The molecular formula is C16H16Cl2N2S. The number of amidine groups is 1. The Bertz CT molecular complexity index is 609. The van der Waals surface area contributed by atoms with Gasteiger partial charge in [0, 0.05) is 15.7 Å². The molecule has 2 aromatic rings. The molecule has 0 aromatic heterocycles. The van der Waals surface area contributed by atoms with Crippen molar-refractivity contribution < 1.29 is 0 Å². The number of hydrogen-bond acceptors (Lipinski definition) is 2. The van der Waals surface area contributed by atoms with E-state index in [9.17, 15) is 0 Å². The normalized spacial score (nSPS) is 13.0. The Morgan fingerprint density at radius 1 is 1.10 bits per heavy atom. The number of anilines is 1. The highest BCUT2D eigenvalue weighted by atomic mass is 35.5. The zero-order chi connectivity index (χ0) is 15.2. The van der Waals surface area contributed by atoms with Crippen molar-refractivity contribution in [2.24, 2.45) is 4.99 Å². The molecule has 0 amide bonds. The molecule has 2 rings (SSSR count). The number of hydrogen-bond donors (Lipinski definition) is 1. The van der Waals surface area contributed by atoms with Crippen LogP contribution in [0.4, 0.5) is 5.69 Å². The number of nitrogens with zero attached hydrogens (tertiary/aromatic N) is 1. The van der Waals surface area contributed by atoms with E-state index in [0.29, 0.717) is 10.0 Å². The van der Waals surface area contributed by atoms with Crippen molar-refractivity contribution in [3.63, 3.8) is 0 Å². The van der Waals surface area contributed by atoms with Crippen molar-refractivity contribution in [2.75, 3.05) is 11.6 Å².